The van der Waals surface area contributed by atoms with Crippen molar-refractivity contribution in [3.63, 3.8) is 0 Å². The fourth-order valence-corrected chi connectivity index (χ4v) is 5.78. The summed E-state index contributed by atoms with van der Waals surface area (Å²) in [5.74, 6) is -0.943. The van der Waals surface area contributed by atoms with Gasteiger partial charge in [-0.25, -0.2) is 21.2 Å². The number of rotatable bonds is 5. The third-order valence-corrected chi connectivity index (χ3v) is 7.84. The maximum Gasteiger partial charge on any atom is 0.262 e. The Balaban J connectivity index is 1.96. The first-order valence-electron chi connectivity index (χ1n) is 8.59. The van der Waals surface area contributed by atoms with Crippen molar-refractivity contribution in [2.24, 2.45) is 0 Å². The molecule has 28 heavy (non-hydrogen) atoms. The Bertz CT molecular complexity index is 1090. The highest BCUT2D eigenvalue weighted by molar-refractivity contribution is 7.92. The van der Waals surface area contributed by atoms with Crippen molar-refractivity contribution in [2.75, 3.05) is 31.0 Å². The van der Waals surface area contributed by atoms with Crippen LogP contribution < -0.4 is 4.72 Å². The summed E-state index contributed by atoms with van der Waals surface area (Å²) in [5, 5.41) is 0. The number of halogens is 1. The Hall–Kier alpha value is -2.01. The Morgan fingerprint density at radius 1 is 0.964 bits per heavy atom. The molecule has 10 heteroatoms. The smallest absolute Gasteiger partial charge is 0.262 e. The highest BCUT2D eigenvalue weighted by Gasteiger charge is 2.29. The lowest BCUT2D eigenvalue weighted by Crippen LogP contribution is -2.40. The third kappa shape index (κ3) is 4.19. The molecule has 0 aliphatic carbocycles. The number of aryl methyl sites for hydroxylation is 2. The third-order valence-electron chi connectivity index (χ3n) is 4.40. The number of morpholine rings is 1. The fourth-order valence-electron chi connectivity index (χ4n) is 2.90. The van der Waals surface area contributed by atoms with Gasteiger partial charge >= 0.3 is 0 Å². The molecule has 152 valence electrons. The number of benzene rings is 2. The van der Waals surface area contributed by atoms with Gasteiger partial charge in [0.05, 0.1) is 23.8 Å². The normalized spacial score (nSPS) is 16.1. The molecule has 3 rings (SSSR count). The van der Waals surface area contributed by atoms with Crippen LogP contribution in [0.2, 0.25) is 0 Å². The first-order valence-corrected chi connectivity index (χ1v) is 11.5. The van der Waals surface area contributed by atoms with E-state index in [1.165, 1.54) is 12.1 Å². The minimum absolute atomic E-state index is 0.0332. The second-order valence-corrected chi connectivity index (χ2v) is 10.1. The summed E-state index contributed by atoms with van der Waals surface area (Å²) >= 11 is 0. The molecule has 0 bridgehead atoms. The lowest BCUT2D eigenvalue weighted by atomic mass is 10.2. The van der Waals surface area contributed by atoms with Gasteiger partial charge in [-0.3, -0.25) is 4.72 Å². The van der Waals surface area contributed by atoms with Crippen LogP contribution in [0.15, 0.2) is 46.2 Å². The molecule has 1 heterocycles. The van der Waals surface area contributed by atoms with Gasteiger partial charge in [0, 0.05) is 13.1 Å². The average Bonchev–Trinajstić information content (AvgIpc) is 2.65. The van der Waals surface area contributed by atoms with Crippen molar-refractivity contribution in [3.8, 4) is 0 Å². The van der Waals surface area contributed by atoms with Gasteiger partial charge in [-0.05, 0) is 49.2 Å². The summed E-state index contributed by atoms with van der Waals surface area (Å²) in [6.07, 6.45) is 0. The average molecular weight is 429 g/mol. The Morgan fingerprint density at radius 2 is 1.64 bits per heavy atom. The van der Waals surface area contributed by atoms with Gasteiger partial charge in [-0.15, -0.1) is 0 Å². The second-order valence-electron chi connectivity index (χ2n) is 6.54. The van der Waals surface area contributed by atoms with Gasteiger partial charge in [0.25, 0.3) is 10.0 Å². The van der Waals surface area contributed by atoms with Gasteiger partial charge < -0.3 is 4.74 Å². The molecule has 0 spiro atoms. The van der Waals surface area contributed by atoms with E-state index in [4.69, 9.17) is 4.74 Å². The zero-order valence-electron chi connectivity index (χ0n) is 15.5. The van der Waals surface area contributed by atoms with Gasteiger partial charge in [0.15, 0.2) is 0 Å². The maximum absolute atomic E-state index is 14.3. The van der Waals surface area contributed by atoms with Crippen LogP contribution in [0.1, 0.15) is 11.1 Å². The second kappa shape index (κ2) is 7.78. The van der Waals surface area contributed by atoms with Crippen molar-refractivity contribution >= 4 is 25.7 Å². The molecule has 1 fully saturated rings. The van der Waals surface area contributed by atoms with E-state index < -0.39 is 30.8 Å². The maximum atomic E-state index is 14.3. The number of sulfonamides is 2. The van der Waals surface area contributed by atoms with Crippen molar-refractivity contribution < 1.29 is 26.0 Å². The molecular weight excluding hydrogens is 407 g/mol. The van der Waals surface area contributed by atoms with E-state index >= 15 is 0 Å². The number of ether oxygens (including phenoxy) is 1. The van der Waals surface area contributed by atoms with Crippen molar-refractivity contribution in [1.82, 2.24) is 4.31 Å². The highest BCUT2D eigenvalue weighted by Crippen LogP contribution is 2.26. The van der Waals surface area contributed by atoms with E-state index in [9.17, 15) is 21.2 Å². The number of hydrogen-bond acceptors (Lipinski definition) is 5. The lowest BCUT2D eigenvalue weighted by molar-refractivity contribution is 0.0729. The first kappa shape index (κ1) is 20.7. The Morgan fingerprint density at radius 3 is 2.32 bits per heavy atom. The topological polar surface area (TPSA) is 92.8 Å². The van der Waals surface area contributed by atoms with Gasteiger partial charge in [0.2, 0.25) is 10.0 Å². The molecule has 2 aromatic rings. The van der Waals surface area contributed by atoms with Crippen LogP contribution in [-0.2, 0) is 24.8 Å². The quantitative estimate of drug-likeness (QED) is 0.789. The van der Waals surface area contributed by atoms with E-state index in [0.717, 1.165) is 22.0 Å². The summed E-state index contributed by atoms with van der Waals surface area (Å²) in [7, 11) is -8.07. The van der Waals surface area contributed by atoms with E-state index in [2.05, 4.69) is 4.72 Å². The summed E-state index contributed by atoms with van der Waals surface area (Å²) in [4.78, 5) is -0.495. The molecular formula is C18H21FN2O5S2. The zero-order chi connectivity index (χ0) is 20.5. The highest BCUT2D eigenvalue weighted by atomic mass is 32.2. The van der Waals surface area contributed by atoms with Gasteiger partial charge in [-0.2, -0.15) is 4.31 Å². The van der Waals surface area contributed by atoms with Crippen LogP contribution in [0.4, 0.5) is 10.1 Å². The molecule has 0 aromatic heterocycles. The number of anilines is 1. The molecule has 0 radical (unpaired) electrons. The Labute approximate surface area is 164 Å². The SMILES string of the molecule is Cc1ccc(C)c(S(=O)(=O)Nc2ccc(F)c(S(=O)(=O)N3CCOCC3)c2)c1. The lowest BCUT2D eigenvalue weighted by Gasteiger charge is -2.26. The van der Waals surface area contributed by atoms with Crippen LogP contribution in [0.3, 0.4) is 0 Å². The van der Waals surface area contributed by atoms with Crippen molar-refractivity contribution in [2.45, 2.75) is 23.6 Å². The van der Waals surface area contributed by atoms with Crippen molar-refractivity contribution in [1.29, 1.82) is 0 Å². The van der Waals surface area contributed by atoms with Gasteiger partial charge in [-0.1, -0.05) is 12.1 Å². The fraction of sp³-hybridized carbons (Fsp3) is 0.333. The standard InChI is InChI=1S/C18H21FN2O5S2/c1-13-3-4-14(2)17(11-13)27(22,23)20-15-5-6-16(19)18(12-15)28(24,25)21-7-9-26-10-8-21/h3-6,11-12,20H,7-10H2,1-2H3. The van der Waals surface area contributed by atoms with Gasteiger partial charge in [0.1, 0.15) is 10.7 Å². The minimum Gasteiger partial charge on any atom is -0.379 e. The largest absolute Gasteiger partial charge is 0.379 e. The molecule has 0 atom stereocenters. The zero-order valence-corrected chi connectivity index (χ0v) is 17.1. The molecule has 1 N–H and O–H groups in total. The molecule has 0 unspecified atom stereocenters. The summed E-state index contributed by atoms with van der Waals surface area (Å²) in [5.41, 5.74) is 1.27. The van der Waals surface area contributed by atoms with Crippen LogP contribution in [0.25, 0.3) is 0 Å². The van der Waals surface area contributed by atoms with E-state index in [0.29, 0.717) is 5.56 Å². The van der Waals surface area contributed by atoms with E-state index in [1.54, 1.807) is 26.0 Å². The summed E-state index contributed by atoms with van der Waals surface area (Å²) in [6.45, 7) is 4.09. The van der Waals surface area contributed by atoms with Crippen LogP contribution in [0.5, 0.6) is 0 Å². The molecule has 1 aliphatic heterocycles. The minimum atomic E-state index is -4.11. The predicted molar refractivity (Wildman–Crippen MR) is 103 cm³/mol. The molecule has 0 saturated carbocycles. The van der Waals surface area contributed by atoms with Crippen molar-refractivity contribution in [3.05, 3.63) is 53.3 Å². The number of nitrogens with one attached hydrogen (secondary N) is 1. The summed E-state index contributed by atoms with van der Waals surface area (Å²) in [6, 6.07) is 8.13. The molecule has 7 nitrogen and oxygen atoms in total. The molecule has 0 amide bonds. The monoisotopic (exact) mass is 428 g/mol. The molecule has 2 aromatic carbocycles. The molecule has 1 aliphatic rings. The Kier molecular flexibility index (Phi) is 5.76. The van der Waals surface area contributed by atoms with E-state index in [-0.39, 0.29) is 36.9 Å². The first-order chi connectivity index (χ1) is 13.1. The number of hydrogen-bond donors (Lipinski definition) is 1. The molecule has 1 saturated heterocycles. The van der Waals surface area contributed by atoms with Crippen LogP contribution >= 0.6 is 0 Å². The van der Waals surface area contributed by atoms with Crippen LogP contribution in [-0.4, -0.2) is 47.4 Å². The predicted octanol–water partition coefficient (Wildman–Crippen LogP) is 2.26. The van der Waals surface area contributed by atoms with E-state index in [1.807, 2.05) is 0 Å². The van der Waals surface area contributed by atoms with Crippen LogP contribution in [0, 0.1) is 19.7 Å². The number of nitrogens with zero attached hydrogens (tertiary/aromatic N) is 1. The summed E-state index contributed by atoms with van der Waals surface area (Å²) < 4.78 is 73.9.